The van der Waals surface area contributed by atoms with Crippen molar-refractivity contribution in [1.29, 1.82) is 0 Å². The Hall–Kier alpha value is -3.56. The van der Waals surface area contributed by atoms with Gasteiger partial charge < -0.3 is 29.0 Å². The Labute approximate surface area is 219 Å². The van der Waals surface area contributed by atoms with Gasteiger partial charge in [0.25, 0.3) is 0 Å². The van der Waals surface area contributed by atoms with Gasteiger partial charge in [0.2, 0.25) is 0 Å². The van der Waals surface area contributed by atoms with Crippen LogP contribution in [-0.2, 0) is 9.47 Å². The normalized spacial score (nSPS) is 18.5. The van der Waals surface area contributed by atoms with E-state index < -0.39 is 23.8 Å². The fourth-order valence-electron chi connectivity index (χ4n) is 4.39. The molecule has 1 saturated heterocycles. The average molecular weight is 532 g/mol. The molecule has 1 unspecified atom stereocenters. The van der Waals surface area contributed by atoms with Crippen molar-refractivity contribution in [3.63, 3.8) is 0 Å². The van der Waals surface area contributed by atoms with Crippen molar-refractivity contribution in [1.82, 2.24) is 9.80 Å². The first-order chi connectivity index (χ1) is 17.7. The first kappa shape index (κ1) is 26.5. The zero-order chi connectivity index (χ0) is 26.7. The van der Waals surface area contributed by atoms with Gasteiger partial charge >= 0.3 is 6.09 Å². The summed E-state index contributed by atoms with van der Waals surface area (Å²) in [6.45, 7) is 8.71. The van der Waals surface area contributed by atoms with Gasteiger partial charge in [-0.25, -0.2) is 13.6 Å². The number of ether oxygens (including phenoxy) is 2. The maximum Gasteiger partial charge on any atom is 0.409 e. The molecule has 37 heavy (non-hydrogen) atoms. The van der Waals surface area contributed by atoms with Crippen LogP contribution in [0.3, 0.4) is 0 Å². The van der Waals surface area contributed by atoms with Crippen LogP contribution < -0.4 is 5.32 Å². The van der Waals surface area contributed by atoms with Gasteiger partial charge in [-0.3, -0.25) is 0 Å². The van der Waals surface area contributed by atoms with Crippen molar-refractivity contribution in [3.8, 4) is 0 Å². The Morgan fingerprint density at radius 3 is 2.65 bits per heavy atom. The molecule has 0 radical (unpaired) electrons. The number of furan rings is 1. The Morgan fingerprint density at radius 1 is 1.30 bits per heavy atom. The maximum absolute atomic E-state index is 15.4. The minimum atomic E-state index is -0.755. The van der Waals surface area contributed by atoms with E-state index in [9.17, 15) is 4.79 Å². The number of anilines is 2. The van der Waals surface area contributed by atoms with E-state index in [1.54, 1.807) is 22.8 Å². The third kappa shape index (κ3) is 6.06. The molecule has 1 N–H and O–H groups in total. The van der Waals surface area contributed by atoms with Gasteiger partial charge in [-0.1, -0.05) is 6.58 Å². The van der Waals surface area contributed by atoms with Crippen LogP contribution in [0.4, 0.5) is 25.1 Å². The highest BCUT2D eigenvalue weighted by molar-refractivity contribution is 6.29. The topological polar surface area (TPSA) is 67.2 Å². The molecule has 2 aliphatic rings. The molecule has 10 heteroatoms. The number of nitrogens with zero attached hydrogens (tertiary/aromatic N) is 2. The molecule has 3 heterocycles. The van der Waals surface area contributed by atoms with E-state index in [1.165, 1.54) is 25.3 Å². The lowest BCUT2D eigenvalue weighted by molar-refractivity contribution is -0.0252. The van der Waals surface area contributed by atoms with Crippen molar-refractivity contribution in [2.24, 2.45) is 0 Å². The predicted molar refractivity (Wildman–Crippen MR) is 138 cm³/mol. The molecule has 0 saturated carbocycles. The number of hydrogen-bond donors (Lipinski definition) is 1. The van der Waals surface area contributed by atoms with Crippen LogP contribution in [-0.4, -0.2) is 48.8 Å². The van der Waals surface area contributed by atoms with Gasteiger partial charge in [-0.2, -0.15) is 0 Å². The molecular weight excluding hydrogens is 504 g/mol. The van der Waals surface area contributed by atoms with Crippen molar-refractivity contribution in [2.75, 3.05) is 32.1 Å². The SMILES string of the molecule is C=C1C=C(C)C=CN1/C(CC1CN(C(=O)OC)CCO1)=C(\C)c1c(F)cc(Nc2ccc(Cl)o2)cc1F. The third-order valence-corrected chi connectivity index (χ3v) is 6.37. The standard InChI is InChI=1S/C27H28ClF2N3O4/c1-16-7-8-33(17(2)11-16)23(14-20-15-32(9-10-36-20)27(34)35-4)18(3)26-21(29)12-19(13-22(26)30)31-25-6-5-24(28)37-25/h5-8,11-13,20,31H,2,9-10,14-15H2,1,3-4H3/b23-18+. The molecule has 1 atom stereocenters. The molecule has 7 nitrogen and oxygen atoms in total. The van der Waals surface area contributed by atoms with Gasteiger partial charge in [0.05, 0.1) is 31.9 Å². The summed E-state index contributed by atoms with van der Waals surface area (Å²) in [7, 11) is 1.32. The zero-order valence-corrected chi connectivity index (χ0v) is 21.6. The van der Waals surface area contributed by atoms with Crippen molar-refractivity contribution < 1.29 is 27.5 Å². The van der Waals surface area contributed by atoms with Crippen LogP contribution in [0.25, 0.3) is 5.57 Å². The molecule has 0 aliphatic carbocycles. The number of hydrogen-bond acceptors (Lipinski definition) is 6. The molecule has 1 fully saturated rings. The van der Waals surface area contributed by atoms with E-state index in [1.807, 2.05) is 25.3 Å². The predicted octanol–water partition coefficient (Wildman–Crippen LogP) is 6.83. The van der Waals surface area contributed by atoms with E-state index in [0.717, 1.165) is 5.57 Å². The Kier molecular flexibility index (Phi) is 8.04. The third-order valence-electron chi connectivity index (χ3n) is 6.16. The summed E-state index contributed by atoms with van der Waals surface area (Å²) in [5, 5.41) is 2.95. The molecule has 196 valence electrons. The van der Waals surface area contributed by atoms with Gasteiger partial charge in [0.15, 0.2) is 11.1 Å². The van der Waals surface area contributed by atoms with Crippen LogP contribution in [0.5, 0.6) is 0 Å². The van der Waals surface area contributed by atoms with Crippen LogP contribution in [0, 0.1) is 11.6 Å². The number of rotatable bonds is 6. The second-order valence-electron chi connectivity index (χ2n) is 8.79. The fourth-order valence-corrected chi connectivity index (χ4v) is 4.53. The number of methoxy groups -OCH3 is 1. The highest BCUT2D eigenvalue weighted by atomic mass is 35.5. The highest BCUT2D eigenvalue weighted by Gasteiger charge is 2.29. The molecule has 4 rings (SSSR count). The average Bonchev–Trinajstić information content (AvgIpc) is 3.26. The maximum atomic E-state index is 15.4. The largest absolute Gasteiger partial charge is 0.453 e. The number of benzene rings is 1. The number of halogens is 3. The lowest BCUT2D eigenvalue weighted by Gasteiger charge is -2.35. The number of carbonyl (C=O) groups is 1. The van der Waals surface area contributed by atoms with Gasteiger partial charge in [-0.15, -0.1) is 0 Å². The molecular formula is C27H28ClF2N3O4. The fraction of sp³-hybridized carbons (Fsp3) is 0.296. The van der Waals surface area contributed by atoms with Crippen LogP contribution >= 0.6 is 11.6 Å². The summed E-state index contributed by atoms with van der Waals surface area (Å²) >= 11 is 5.78. The molecule has 2 aliphatic heterocycles. The van der Waals surface area contributed by atoms with Crippen LogP contribution in [0.15, 0.2) is 70.6 Å². The molecule has 0 bridgehead atoms. The minimum absolute atomic E-state index is 0.151. The summed E-state index contributed by atoms with van der Waals surface area (Å²) in [4.78, 5) is 15.4. The number of allylic oxidation sites excluding steroid dienone is 4. The summed E-state index contributed by atoms with van der Waals surface area (Å²) in [5.74, 6) is -1.26. The Bertz CT molecular complexity index is 1280. The number of carbonyl (C=O) groups excluding carboxylic acids is 1. The van der Waals surface area contributed by atoms with Gasteiger partial charge in [0, 0.05) is 42.3 Å². The lowest BCUT2D eigenvalue weighted by atomic mass is 9.98. The summed E-state index contributed by atoms with van der Waals surface area (Å²) in [5.41, 5.74) is 2.60. The molecule has 1 aromatic heterocycles. The second kappa shape index (κ2) is 11.2. The van der Waals surface area contributed by atoms with Gasteiger partial charge in [0.1, 0.15) is 11.6 Å². The Morgan fingerprint density at radius 2 is 2.03 bits per heavy atom. The van der Waals surface area contributed by atoms with Crippen LogP contribution in [0.1, 0.15) is 25.8 Å². The molecule has 1 aromatic carbocycles. The van der Waals surface area contributed by atoms with Gasteiger partial charge in [-0.05, 0) is 66.9 Å². The number of nitrogens with one attached hydrogen (secondary N) is 1. The van der Waals surface area contributed by atoms with Crippen molar-refractivity contribution in [2.45, 2.75) is 26.4 Å². The van der Waals surface area contributed by atoms with Crippen LogP contribution in [0.2, 0.25) is 5.22 Å². The van der Waals surface area contributed by atoms with E-state index in [4.69, 9.17) is 25.5 Å². The second-order valence-corrected chi connectivity index (χ2v) is 9.17. The summed E-state index contributed by atoms with van der Waals surface area (Å²) in [6, 6.07) is 5.46. The Balaban J connectivity index is 1.70. The molecule has 0 spiro atoms. The number of morpholine rings is 1. The molecule has 2 aromatic rings. The quantitative estimate of drug-likeness (QED) is 0.440. The van der Waals surface area contributed by atoms with E-state index >= 15 is 8.78 Å². The summed E-state index contributed by atoms with van der Waals surface area (Å²) in [6.07, 6.45) is 4.99. The number of amides is 1. The monoisotopic (exact) mass is 531 g/mol. The van der Waals surface area contributed by atoms with E-state index in [-0.39, 0.29) is 35.3 Å². The smallest absolute Gasteiger partial charge is 0.409 e. The van der Waals surface area contributed by atoms with E-state index in [2.05, 4.69) is 11.9 Å². The minimum Gasteiger partial charge on any atom is -0.453 e. The highest BCUT2D eigenvalue weighted by Crippen LogP contribution is 2.35. The van der Waals surface area contributed by atoms with Crippen molar-refractivity contribution >= 4 is 34.8 Å². The lowest BCUT2D eigenvalue weighted by Crippen LogP contribution is -2.46. The zero-order valence-electron chi connectivity index (χ0n) is 20.8. The van der Waals surface area contributed by atoms with Crippen molar-refractivity contribution in [3.05, 3.63) is 88.6 Å². The van der Waals surface area contributed by atoms with E-state index in [0.29, 0.717) is 30.1 Å². The first-order valence-corrected chi connectivity index (χ1v) is 12.0. The molecule has 1 amide bonds. The summed E-state index contributed by atoms with van der Waals surface area (Å²) < 4.78 is 46.8. The first-order valence-electron chi connectivity index (χ1n) is 11.7.